The standard InChI is InChI=1S/C22H33N5Si/c1-14(2)28(15(3)4,16(5)6)27-8-7-17-19-18(9-24-20(17)27)25-13-26(19)22-10-21(23,11-22)12-22/h7-9,13-16H,10-12,23H2,1-6H3. The average Bonchev–Trinajstić information content (AvgIpc) is 3.14. The predicted octanol–water partition coefficient (Wildman–Crippen LogP) is 5.00. The molecule has 6 rings (SSSR count). The second-order valence-corrected chi connectivity index (χ2v) is 16.2. The first kappa shape index (κ1) is 18.4. The summed E-state index contributed by atoms with van der Waals surface area (Å²) in [5.41, 5.74) is 12.0. The molecule has 6 heteroatoms. The van der Waals surface area contributed by atoms with E-state index in [1.54, 1.807) is 0 Å². The van der Waals surface area contributed by atoms with E-state index in [1.807, 2.05) is 12.5 Å². The van der Waals surface area contributed by atoms with E-state index in [4.69, 9.17) is 15.7 Å². The summed E-state index contributed by atoms with van der Waals surface area (Å²) in [6.45, 7) is 14.4. The van der Waals surface area contributed by atoms with Crippen LogP contribution >= 0.6 is 0 Å². The van der Waals surface area contributed by atoms with Crippen molar-refractivity contribution in [2.75, 3.05) is 0 Å². The highest BCUT2D eigenvalue weighted by Crippen LogP contribution is 2.64. The number of hydrogen-bond donors (Lipinski definition) is 1. The van der Waals surface area contributed by atoms with Gasteiger partial charge in [0.15, 0.2) is 8.24 Å². The Balaban J connectivity index is 1.75. The highest BCUT2D eigenvalue weighted by molar-refractivity contribution is 6.82. The van der Waals surface area contributed by atoms with Crippen molar-refractivity contribution in [2.24, 2.45) is 5.73 Å². The van der Waals surface area contributed by atoms with Gasteiger partial charge in [-0.05, 0) is 48.1 Å². The number of hydrogen-bond acceptors (Lipinski definition) is 3. The normalized spacial score (nSPS) is 27.2. The Morgan fingerprint density at radius 1 is 1.00 bits per heavy atom. The summed E-state index contributed by atoms with van der Waals surface area (Å²) in [7, 11) is -1.84. The number of nitrogens with zero attached hydrogens (tertiary/aromatic N) is 4. The Bertz CT molecular complexity index is 1030. The molecular weight excluding hydrogens is 362 g/mol. The number of fused-ring (bicyclic) bond motifs is 3. The van der Waals surface area contributed by atoms with Crippen molar-refractivity contribution in [2.45, 2.75) is 88.5 Å². The van der Waals surface area contributed by atoms with Crippen molar-refractivity contribution in [1.29, 1.82) is 0 Å². The van der Waals surface area contributed by atoms with E-state index in [1.165, 1.54) is 10.9 Å². The fourth-order valence-electron chi connectivity index (χ4n) is 7.16. The van der Waals surface area contributed by atoms with Crippen molar-refractivity contribution in [3.05, 3.63) is 24.8 Å². The summed E-state index contributed by atoms with van der Waals surface area (Å²) < 4.78 is 5.03. The molecule has 0 spiro atoms. The van der Waals surface area contributed by atoms with Crippen molar-refractivity contribution in [1.82, 2.24) is 18.8 Å². The Kier molecular flexibility index (Phi) is 3.59. The summed E-state index contributed by atoms with van der Waals surface area (Å²) in [6.07, 6.45) is 9.58. The van der Waals surface area contributed by atoms with E-state index < -0.39 is 8.24 Å². The fourth-order valence-corrected chi connectivity index (χ4v) is 13.7. The monoisotopic (exact) mass is 395 g/mol. The Morgan fingerprint density at radius 2 is 1.61 bits per heavy atom. The van der Waals surface area contributed by atoms with Crippen molar-refractivity contribution in [3.63, 3.8) is 0 Å². The first-order valence-electron chi connectivity index (χ1n) is 10.8. The first-order chi connectivity index (χ1) is 13.1. The molecule has 3 aromatic heterocycles. The number of aromatic nitrogens is 4. The number of pyridine rings is 1. The van der Waals surface area contributed by atoms with Crippen LogP contribution in [0.25, 0.3) is 22.1 Å². The zero-order chi connectivity index (χ0) is 20.1. The van der Waals surface area contributed by atoms with E-state index in [-0.39, 0.29) is 11.1 Å². The van der Waals surface area contributed by atoms with Crippen LogP contribution in [0.4, 0.5) is 0 Å². The molecule has 0 atom stereocenters. The van der Waals surface area contributed by atoms with Gasteiger partial charge in [0.25, 0.3) is 0 Å². The highest BCUT2D eigenvalue weighted by Gasteiger charge is 2.67. The van der Waals surface area contributed by atoms with Crippen LogP contribution < -0.4 is 5.73 Å². The molecule has 5 nitrogen and oxygen atoms in total. The molecule has 0 unspecified atom stereocenters. The minimum atomic E-state index is -1.84. The maximum Gasteiger partial charge on any atom is 0.171 e. The van der Waals surface area contributed by atoms with Crippen molar-refractivity contribution < 1.29 is 0 Å². The van der Waals surface area contributed by atoms with Gasteiger partial charge in [-0.3, -0.25) is 0 Å². The molecule has 0 aliphatic heterocycles. The lowest BCUT2D eigenvalue weighted by atomic mass is 9.44. The van der Waals surface area contributed by atoms with Crippen LogP contribution in [0.5, 0.6) is 0 Å². The molecule has 3 aromatic rings. The van der Waals surface area contributed by atoms with Gasteiger partial charge in [0.2, 0.25) is 0 Å². The lowest BCUT2D eigenvalue weighted by Crippen LogP contribution is -2.76. The van der Waals surface area contributed by atoms with Gasteiger partial charge in [-0.25, -0.2) is 9.97 Å². The van der Waals surface area contributed by atoms with Crippen LogP contribution in [0.15, 0.2) is 24.8 Å². The Labute approximate surface area is 168 Å². The SMILES string of the molecule is CC(C)[Si](C(C)C)(C(C)C)n1ccc2c3c(cnc21)ncn3C12CC(N)(C1)C2. The molecule has 3 fully saturated rings. The number of rotatable bonds is 5. The third-order valence-corrected chi connectivity index (χ3v) is 14.7. The van der Waals surface area contributed by atoms with Gasteiger partial charge in [0.1, 0.15) is 11.2 Å². The minimum absolute atomic E-state index is 0.0870. The molecule has 3 heterocycles. The van der Waals surface area contributed by atoms with Crippen LogP contribution in [-0.4, -0.2) is 32.5 Å². The smallest absolute Gasteiger partial charge is 0.171 e. The number of imidazole rings is 1. The second kappa shape index (κ2) is 5.48. The summed E-state index contributed by atoms with van der Waals surface area (Å²) in [6, 6.07) is 2.29. The minimum Gasteiger partial charge on any atom is -0.358 e. The van der Waals surface area contributed by atoms with E-state index in [2.05, 4.69) is 62.6 Å². The van der Waals surface area contributed by atoms with Gasteiger partial charge in [-0.2, -0.15) is 0 Å². The molecule has 150 valence electrons. The summed E-state index contributed by atoms with van der Waals surface area (Å²) in [4.78, 5) is 9.65. The van der Waals surface area contributed by atoms with E-state index in [0.29, 0.717) is 16.6 Å². The predicted molar refractivity (Wildman–Crippen MR) is 118 cm³/mol. The average molecular weight is 396 g/mol. The third-order valence-electron chi connectivity index (χ3n) is 7.97. The molecule has 3 aliphatic rings. The lowest BCUT2D eigenvalue weighted by Gasteiger charge is -2.69. The van der Waals surface area contributed by atoms with Crippen LogP contribution in [0.1, 0.15) is 60.8 Å². The third kappa shape index (κ3) is 2.00. The van der Waals surface area contributed by atoms with E-state index in [0.717, 1.165) is 30.4 Å². The fraction of sp³-hybridized carbons (Fsp3) is 0.636. The van der Waals surface area contributed by atoms with E-state index in [9.17, 15) is 0 Å². The van der Waals surface area contributed by atoms with Crippen LogP contribution in [0, 0.1) is 0 Å². The highest BCUT2D eigenvalue weighted by atomic mass is 28.3. The molecule has 0 amide bonds. The Morgan fingerprint density at radius 3 is 2.14 bits per heavy atom. The largest absolute Gasteiger partial charge is 0.358 e. The Hall–Kier alpha value is -1.66. The molecule has 28 heavy (non-hydrogen) atoms. The molecular formula is C22H33N5Si. The molecule has 2 bridgehead atoms. The van der Waals surface area contributed by atoms with Crippen LogP contribution in [-0.2, 0) is 5.54 Å². The van der Waals surface area contributed by atoms with Gasteiger partial charge in [0, 0.05) is 10.9 Å². The topological polar surface area (TPSA) is 61.7 Å². The van der Waals surface area contributed by atoms with Gasteiger partial charge < -0.3 is 14.5 Å². The van der Waals surface area contributed by atoms with Crippen LogP contribution in [0.2, 0.25) is 16.6 Å². The van der Waals surface area contributed by atoms with Crippen molar-refractivity contribution >= 4 is 30.3 Å². The summed E-state index contributed by atoms with van der Waals surface area (Å²) >= 11 is 0. The second-order valence-electron chi connectivity index (χ2n) is 10.5. The van der Waals surface area contributed by atoms with Gasteiger partial charge >= 0.3 is 0 Å². The molecule has 3 aliphatic carbocycles. The van der Waals surface area contributed by atoms with Crippen LogP contribution in [0.3, 0.4) is 0 Å². The summed E-state index contributed by atoms with van der Waals surface area (Å²) in [5, 5.41) is 1.25. The molecule has 0 aromatic carbocycles. The molecule has 2 N–H and O–H groups in total. The van der Waals surface area contributed by atoms with Gasteiger partial charge in [-0.1, -0.05) is 41.5 Å². The molecule has 0 saturated heterocycles. The van der Waals surface area contributed by atoms with Gasteiger partial charge in [-0.15, -0.1) is 0 Å². The number of nitrogens with two attached hydrogens (primary N) is 1. The van der Waals surface area contributed by atoms with Crippen molar-refractivity contribution in [3.8, 4) is 0 Å². The summed E-state index contributed by atoms with van der Waals surface area (Å²) in [5.74, 6) is 0. The van der Waals surface area contributed by atoms with E-state index >= 15 is 0 Å². The first-order valence-corrected chi connectivity index (χ1v) is 13.0. The maximum atomic E-state index is 6.35. The lowest BCUT2D eigenvalue weighted by molar-refractivity contribution is -0.111. The molecule has 3 saturated carbocycles. The van der Waals surface area contributed by atoms with Gasteiger partial charge in [0.05, 0.1) is 23.6 Å². The maximum absolute atomic E-state index is 6.35. The zero-order valence-corrected chi connectivity index (χ0v) is 19.0. The molecule has 0 radical (unpaired) electrons. The zero-order valence-electron chi connectivity index (χ0n) is 18.0. The quantitative estimate of drug-likeness (QED) is 0.618.